The molecule has 0 heterocycles. The largest absolute Gasteiger partial charge is 0.333 e. The van der Waals surface area contributed by atoms with Crippen LogP contribution in [-0.4, -0.2) is 12.9 Å². The molecule has 3 heteroatoms. The van der Waals surface area contributed by atoms with Gasteiger partial charge in [-0.1, -0.05) is 0 Å². The summed E-state index contributed by atoms with van der Waals surface area (Å²) in [7, 11) is 1.86. The lowest BCUT2D eigenvalue weighted by molar-refractivity contribution is 0.628. The molecule has 1 aliphatic carbocycles. The van der Waals surface area contributed by atoms with E-state index < -0.39 is 0 Å². The van der Waals surface area contributed by atoms with Crippen molar-refractivity contribution < 1.29 is 4.39 Å². The van der Waals surface area contributed by atoms with Gasteiger partial charge in [-0.25, -0.2) is 4.39 Å². The van der Waals surface area contributed by atoms with Crippen LogP contribution in [0.15, 0.2) is 24.3 Å². The number of nitrogens with one attached hydrogen (secondary N) is 1. The Labute approximate surface area is 82.9 Å². The predicted octanol–water partition coefficient (Wildman–Crippen LogP) is 2.65. The lowest BCUT2D eigenvalue weighted by Gasteiger charge is -2.19. The van der Waals surface area contributed by atoms with Crippen LogP contribution in [0.4, 0.5) is 10.1 Å². The van der Waals surface area contributed by atoms with Gasteiger partial charge < -0.3 is 4.90 Å². The summed E-state index contributed by atoms with van der Waals surface area (Å²) in [5.74, 6) is 0.821. The zero-order valence-corrected chi connectivity index (χ0v) is 8.13. The summed E-state index contributed by atoms with van der Waals surface area (Å²) < 4.78 is 12.6. The molecule has 0 aliphatic heterocycles. The van der Waals surface area contributed by atoms with Gasteiger partial charge in [-0.15, -0.1) is 0 Å². The standard InChI is InChI=1S/C11H13FN2/c1-14(11(13)8-2-3-8)10-6-4-9(12)5-7-10/h4-8,13H,2-3H2,1H3. The van der Waals surface area contributed by atoms with Crippen molar-refractivity contribution in [1.82, 2.24) is 0 Å². The molecule has 74 valence electrons. The van der Waals surface area contributed by atoms with E-state index >= 15 is 0 Å². The SMILES string of the molecule is CN(C(=N)C1CC1)c1ccc(F)cc1. The van der Waals surface area contributed by atoms with Crippen molar-refractivity contribution in [2.75, 3.05) is 11.9 Å². The van der Waals surface area contributed by atoms with Gasteiger partial charge in [0.2, 0.25) is 0 Å². The number of amidine groups is 1. The minimum absolute atomic E-state index is 0.236. The van der Waals surface area contributed by atoms with Gasteiger partial charge in [0.25, 0.3) is 0 Å². The topological polar surface area (TPSA) is 27.1 Å². The van der Waals surface area contributed by atoms with Crippen LogP contribution in [0.2, 0.25) is 0 Å². The number of hydrogen-bond acceptors (Lipinski definition) is 1. The Bertz CT molecular complexity index is 341. The zero-order valence-electron chi connectivity index (χ0n) is 8.13. The molecule has 14 heavy (non-hydrogen) atoms. The molecule has 0 radical (unpaired) electrons. The molecule has 1 aromatic carbocycles. The van der Waals surface area contributed by atoms with Crippen LogP contribution < -0.4 is 4.90 Å². The van der Waals surface area contributed by atoms with Crippen molar-refractivity contribution >= 4 is 11.5 Å². The molecule has 1 aromatic rings. The Kier molecular flexibility index (Phi) is 2.23. The van der Waals surface area contributed by atoms with Crippen LogP contribution in [0.25, 0.3) is 0 Å². The van der Waals surface area contributed by atoms with E-state index in [9.17, 15) is 4.39 Å². The minimum Gasteiger partial charge on any atom is -0.333 e. The first-order chi connectivity index (χ1) is 6.68. The molecule has 0 aromatic heterocycles. The summed E-state index contributed by atoms with van der Waals surface area (Å²) in [6.07, 6.45) is 2.23. The van der Waals surface area contributed by atoms with E-state index in [-0.39, 0.29) is 5.82 Å². The van der Waals surface area contributed by atoms with Gasteiger partial charge in [-0.3, -0.25) is 5.41 Å². The van der Waals surface area contributed by atoms with Crippen molar-refractivity contribution in [1.29, 1.82) is 5.41 Å². The molecule has 0 amide bonds. The maximum Gasteiger partial charge on any atom is 0.123 e. The Morgan fingerprint density at radius 1 is 1.36 bits per heavy atom. The molecule has 0 atom stereocenters. The number of anilines is 1. The summed E-state index contributed by atoms with van der Waals surface area (Å²) in [6, 6.07) is 6.25. The molecule has 1 aliphatic rings. The van der Waals surface area contributed by atoms with Gasteiger partial charge in [-0.2, -0.15) is 0 Å². The molecule has 2 rings (SSSR count). The second-order valence-corrected chi connectivity index (χ2v) is 3.69. The molecule has 0 saturated heterocycles. The summed E-state index contributed by atoms with van der Waals surface area (Å²) in [6.45, 7) is 0. The lowest BCUT2D eigenvalue weighted by Crippen LogP contribution is -2.26. The van der Waals surface area contributed by atoms with Crippen molar-refractivity contribution in [3.63, 3.8) is 0 Å². The highest BCUT2D eigenvalue weighted by molar-refractivity contribution is 5.97. The number of nitrogens with zero attached hydrogens (tertiary/aromatic N) is 1. The quantitative estimate of drug-likeness (QED) is 0.566. The van der Waals surface area contributed by atoms with Gasteiger partial charge in [0, 0.05) is 18.7 Å². The van der Waals surface area contributed by atoms with E-state index in [1.165, 1.54) is 12.1 Å². The number of halogens is 1. The fourth-order valence-corrected chi connectivity index (χ4v) is 1.43. The van der Waals surface area contributed by atoms with E-state index in [1.807, 2.05) is 11.9 Å². The van der Waals surface area contributed by atoms with E-state index in [0.717, 1.165) is 18.5 Å². The predicted molar refractivity (Wildman–Crippen MR) is 55.3 cm³/mol. The minimum atomic E-state index is -0.236. The normalized spacial score (nSPS) is 15.3. The Balaban J connectivity index is 2.13. The zero-order chi connectivity index (χ0) is 10.1. The molecule has 1 N–H and O–H groups in total. The second-order valence-electron chi connectivity index (χ2n) is 3.69. The average molecular weight is 192 g/mol. The fraction of sp³-hybridized carbons (Fsp3) is 0.364. The van der Waals surface area contributed by atoms with Crippen LogP contribution in [0.5, 0.6) is 0 Å². The molecule has 1 fully saturated rings. The van der Waals surface area contributed by atoms with Crippen LogP contribution in [-0.2, 0) is 0 Å². The summed E-state index contributed by atoms with van der Waals surface area (Å²) >= 11 is 0. The molecule has 0 unspecified atom stereocenters. The van der Waals surface area contributed by atoms with Gasteiger partial charge in [0.1, 0.15) is 11.7 Å². The Morgan fingerprint density at radius 2 is 1.93 bits per heavy atom. The van der Waals surface area contributed by atoms with Crippen LogP contribution in [0.3, 0.4) is 0 Å². The summed E-state index contributed by atoms with van der Waals surface area (Å²) in [4.78, 5) is 1.82. The number of rotatable bonds is 2. The second kappa shape index (κ2) is 3.40. The maximum absolute atomic E-state index is 12.6. The van der Waals surface area contributed by atoms with Crippen molar-refractivity contribution in [2.45, 2.75) is 12.8 Å². The third kappa shape index (κ3) is 1.76. The van der Waals surface area contributed by atoms with Gasteiger partial charge >= 0.3 is 0 Å². The highest BCUT2D eigenvalue weighted by Crippen LogP contribution is 2.32. The molecule has 0 spiro atoms. The molecular weight excluding hydrogens is 179 g/mol. The first kappa shape index (κ1) is 9.19. The first-order valence-corrected chi connectivity index (χ1v) is 4.76. The summed E-state index contributed by atoms with van der Waals surface area (Å²) in [5, 5.41) is 7.84. The monoisotopic (exact) mass is 192 g/mol. The van der Waals surface area contributed by atoms with E-state index in [0.29, 0.717) is 11.8 Å². The van der Waals surface area contributed by atoms with Gasteiger partial charge in [0.05, 0.1) is 0 Å². The lowest BCUT2D eigenvalue weighted by atomic mass is 10.2. The van der Waals surface area contributed by atoms with Crippen molar-refractivity contribution in [2.24, 2.45) is 5.92 Å². The molecule has 0 bridgehead atoms. The first-order valence-electron chi connectivity index (χ1n) is 4.76. The Hall–Kier alpha value is -1.38. The van der Waals surface area contributed by atoms with Crippen LogP contribution in [0.1, 0.15) is 12.8 Å². The van der Waals surface area contributed by atoms with E-state index in [1.54, 1.807) is 12.1 Å². The highest BCUT2D eigenvalue weighted by Gasteiger charge is 2.29. The van der Waals surface area contributed by atoms with Crippen molar-refractivity contribution in [3.8, 4) is 0 Å². The third-order valence-corrected chi connectivity index (χ3v) is 2.54. The third-order valence-electron chi connectivity index (χ3n) is 2.54. The molecular formula is C11H13FN2. The highest BCUT2D eigenvalue weighted by atomic mass is 19.1. The van der Waals surface area contributed by atoms with Gasteiger partial charge in [0.15, 0.2) is 0 Å². The van der Waals surface area contributed by atoms with Gasteiger partial charge in [-0.05, 0) is 37.1 Å². The molecule has 1 saturated carbocycles. The Morgan fingerprint density at radius 3 is 2.43 bits per heavy atom. The average Bonchev–Trinajstić information content (AvgIpc) is 3.00. The number of hydrogen-bond donors (Lipinski definition) is 1. The summed E-state index contributed by atoms with van der Waals surface area (Å²) in [5.41, 5.74) is 0.878. The maximum atomic E-state index is 12.6. The van der Waals surface area contributed by atoms with Crippen LogP contribution >= 0.6 is 0 Å². The smallest absolute Gasteiger partial charge is 0.123 e. The van der Waals surface area contributed by atoms with Crippen LogP contribution in [0, 0.1) is 17.1 Å². The molecule has 2 nitrogen and oxygen atoms in total. The fourth-order valence-electron chi connectivity index (χ4n) is 1.43. The van der Waals surface area contributed by atoms with Crippen molar-refractivity contribution in [3.05, 3.63) is 30.1 Å². The van der Waals surface area contributed by atoms with E-state index in [4.69, 9.17) is 5.41 Å². The van der Waals surface area contributed by atoms with E-state index in [2.05, 4.69) is 0 Å². The number of benzene rings is 1.